The average Bonchev–Trinajstić information content (AvgIpc) is 2.20. The topological polar surface area (TPSA) is 17.0 Å². The van der Waals surface area contributed by atoms with Gasteiger partial charge in [0.1, 0.15) is 4.64 Å². The lowest BCUT2D eigenvalue weighted by molar-refractivity contribution is 0.259. The van der Waals surface area contributed by atoms with Crippen molar-refractivity contribution in [2.45, 2.75) is 18.9 Å². The Labute approximate surface area is 88.9 Å². The van der Waals surface area contributed by atoms with Crippen LogP contribution in [-0.4, -0.2) is 17.7 Å². The number of nitrogens with zero attached hydrogens (tertiary/aromatic N) is 1. The van der Waals surface area contributed by atoms with E-state index in [-0.39, 0.29) is 0 Å². The zero-order chi connectivity index (χ0) is 9.54. The molecule has 1 N–H and O–H groups in total. The lowest BCUT2D eigenvalue weighted by Crippen LogP contribution is -2.42. The smallest absolute Gasteiger partial charge is 0.106 e. The van der Waals surface area contributed by atoms with E-state index in [1.165, 1.54) is 12.1 Å². The molecule has 74 valence electrons. The van der Waals surface area contributed by atoms with Crippen molar-refractivity contribution in [3.8, 4) is 0 Å². The van der Waals surface area contributed by atoms with E-state index in [2.05, 4.69) is 22.0 Å². The summed E-state index contributed by atoms with van der Waals surface area (Å²) in [7, 11) is 0. The van der Waals surface area contributed by atoms with E-state index in [9.17, 15) is 0 Å². The third-order valence-corrected chi connectivity index (χ3v) is 3.74. The van der Waals surface area contributed by atoms with Crippen LogP contribution in [0.25, 0.3) is 0 Å². The fourth-order valence-electron chi connectivity index (χ4n) is 2.74. The number of pyridine rings is 1. The van der Waals surface area contributed by atoms with Gasteiger partial charge in [0, 0.05) is 24.7 Å². The van der Waals surface area contributed by atoms with Gasteiger partial charge < -0.3 is 9.88 Å². The van der Waals surface area contributed by atoms with Gasteiger partial charge in [-0.05, 0) is 31.0 Å². The van der Waals surface area contributed by atoms with Crippen LogP contribution in [0, 0.1) is 10.6 Å². The third-order valence-electron chi connectivity index (χ3n) is 3.38. The third kappa shape index (κ3) is 1.23. The lowest BCUT2D eigenvalue weighted by atomic mass is 9.84. The molecule has 0 aromatic carbocycles. The van der Waals surface area contributed by atoms with Crippen molar-refractivity contribution in [3.05, 3.63) is 28.5 Å². The van der Waals surface area contributed by atoms with E-state index in [0.717, 1.165) is 30.2 Å². The summed E-state index contributed by atoms with van der Waals surface area (Å²) >= 11 is 5.36. The van der Waals surface area contributed by atoms with Crippen LogP contribution in [0.2, 0.25) is 0 Å². The molecular weight excluding hydrogens is 192 g/mol. The molecule has 2 aliphatic heterocycles. The molecule has 2 nitrogen and oxygen atoms in total. The molecule has 0 amide bonds. The SMILES string of the molecule is S=c1cccc2n1C[C@@H]1CNC[C@H]2C1. The minimum Gasteiger partial charge on any atom is -0.336 e. The van der Waals surface area contributed by atoms with Crippen molar-refractivity contribution in [3.63, 3.8) is 0 Å². The maximum atomic E-state index is 5.36. The van der Waals surface area contributed by atoms with Crippen LogP contribution in [-0.2, 0) is 6.54 Å². The zero-order valence-electron chi connectivity index (χ0n) is 8.07. The minimum atomic E-state index is 0.686. The molecule has 3 rings (SSSR count). The monoisotopic (exact) mass is 206 g/mol. The summed E-state index contributed by atoms with van der Waals surface area (Å²) in [6.07, 6.45) is 1.34. The molecule has 2 bridgehead atoms. The van der Waals surface area contributed by atoms with Crippen molar-refractivity contribution in [1.29, 1.82) is 0 Å². The standard InChI is InChI=1S/C11H14N2S/c14-11-3-1-2-10-9-4-8(5-12-6-9)7-13(10)11/h1-3,8-9,12H,4-7H2/t8-,9+/m0/s1. The first-order valence-corrected chi connectivity index (χ1v) is 5.66. The first-order chi connectivity index (χ1) is 6.84. The summed E-state index contributed by atoms with van der Waals surface area (Å²) in [5, 5.41) is 3.50. The molecular formula is C11H14N2S. The highest BCUT2D eigenvalue weighted by molar-refractivity contribution is 7.71. The Bertz CT molecular complexity index is 410. The number of fused-ring (bicyclic) bond motifs is 4. The average molecular weight is 206 g/mol. The molecule has 2 aliphatic rings. The quantitative estimate of drug-likeness (QED) is 0.653. The Morgan fingerprint density at radius 2 is 2.29 bits per heavy atom. The van der Waals surface area contributed by atoms with E-state index in [1.807, 2.05) is 6.07 Å². The zero-order valence-corrected chi connectivity index (χ0v) is 8.89. The van der Waals surface area contributed by atoms with Crippen LogP contribution >= 0.6 is 12.2 Å². The molecule has 3 heterocycles. The van der Waals surface area contributed by atoms with E-state index in [0.29, 0.717) is 5.92 Å². The van der Waals surface area contributed by atoms with Crippen LogP contribution in [0.1, 0.15) is 18.0 Å². The van der Waals surface area contributed by atoms with Crippen molar-refractivity contribution in [2.75, 3.05) is 13.1 Å². The summed E-state index contributed by atoms with van der Waals surface area (Å²) < 4.78 is 3.33. The van der Waals surface area contributed by atoms with Gasteiger partial charge in [-0.25, -0.2) is 0 Å². The molecule has 3 heteroatoms. The van der Waals surface area contributed by atoms with Crippen LogP contribution in [0.5, 0.6) is 0 Å². The number of hydrogen-bond donors (Lipinski definition) is 1. The number of nitrogens with one attached hydrogen (secondary N) is 1. The molecule has 1 aromatic rings. The molecule has 1 saturated heterocycles. The van der Waals surface area contributed by atoms with Gasteiger partial charge in [0.2, 0.25) is 0 Å². The predicted octanol–water partition coefficient (Wildman–Crippen LogP) is 1.92. The van der Waals surface area contributed by atoms with Crippen molar-refractivity contribution in [1.82, 2.24) is 9.88 Å². The highest BCUT2D eigenvalue weighted by Crippen LogP contribution is 2.32. The molecule has 0 unspecified atom stereocenters. The molecule has 0 aliphatic carbocycles. The maximum Gasteiger partial charge on any atom is 0.106 e. The molecule has 2 atom stereocenters. The van der Waals surface area contributed by atoms with Gasteiger partial charge in [0.25, 0.3) is 0 Å². The van der Waals surface area contributed by atoms with Gasteiger partial charge in [-0.3, -0.25) is 0 Å². The second kappa shape index (κ2) is 3.17. The number of aromatic nitrogens is 1. The first-order valence-electron chi connectivity index (χ1n) is 5.25. The molecule has 0 radical (unpaired) electrons. The molecule has 1 aromatic heterocycles. The Morgan fingerprint density at radius 3 is 3.21 bits per heavy atom. The van der Waals surface area contributed by atoms with Crippen molar-refractivity contribution < 1.29 is 0 Å². The molecule has 14 heavy (non-hydrogen) atoms. The highest BCUT2D eigenvalue weighted by atomic mass is 32.1. The van der Waals surface area contributed by atoms with E-state index >= 15 is 0 Å². The summed E-state index contributed by atoms with van der Waals surface area (Å²) in [4.78, 5) is 0. The van der Waals surface area contributed by atoms with Crippen molar-refractivity contribution >= 4 is 12.2 Å². The Balaban J connectivity index is 2.15. The van der Waals surface area contributed by atoms with Gasteiger partial charge in [0.05, 0.1) is 0 Å². The van der Waals surface area contributed by atoms with Gasteiger partial charge in [-0.1, -0.05) is 18.3 Å². The lowest BCUT2D eigenvalue weighted by Gasteiger charge is -2.37. The second-order valence-corrected chi connectivity index (χ2v) is 4.77. The Morgan fingerprint density at radius 1 is 1.36 bits per heavy atom. The summed E-state index contributed by atoms with van der Waals surface area (Å²) in [6, 6.07) is 6.35. The maximum absolute atomic E-state index is 5.36. The minimum absolute atomic E-state index is 0.686. The number of hydrogen-bond acceptors (Lipinski definition) is 2. The van der Waals surface area contributed by atoms with Gasteiger partial charge in [-0.15, -0.1) is 0 Å². The molecule has 1 fully saturated rings. The summed E-state index contributed by atoms with van der Waals surface area (Å²) in [5.41, 5.74) is 1.43. The van der Waals surface area contributed by atoms with Gasteiger partial charge in [0.15, 0.2) is 0 Å². The Hall–Kier alpha value is -0.670. The van der Waals surface area contributed by atoms with Crippen LogP contribution in [0.3, 0.4) is 0 Å². The van der Waals surface area contributed by atoms with E-state index in [4.69, 9.17) is 12.2 Å². The van der Waals surface area contributed by atoms with Gasteiger partial charge in [-0.2, -0.15) is 0 Å². The van der Waals surface area contributed by atoms with E-state index < -0.39 is 0 Å². The van der Waals surface area contributed by atoms with Gasteiger partial charge >= 0.3 is 0 Å². The summed E-state index contributed by atoms with van der Waals surface area (Å²) in [6.45, 7) is 3.39. The van der Waals surface area contributed by atoms with Crippen molar-refractivity contribution in [2.24, 2.45) is 5.92 Å². The van der Waals surface area contributed by atoms with Crippen LogP contribution in [0.4, 0.5) is 0 Å². The summed E-state index contributed by atoms with van der Waals surface area (Å²) in [5.74, 6) is 1.47. The fraction of sp³-hybridized carbons (Fsp3) is 0.545. The number of piperidine rings is 1. The predicted molar refractivity (Wildman–Crippen MR) is 59.0 cm³/mol. The fourth-order valence-corrected chi connectivity index (χ4v) is 3.00. The Kier molecular flexibility index (Phi) is 1.96. The first kappa shape index (κ1) is 8.62. The second-order valence-electron chi connectivity index (χ2n) is 4.36. The normalized spacial score (nSPS) is 29.7. The van der Waals surface area contributed by atoms with Crippen LogP contribution < -0.4 is 5.32 Å². The van der Waals surface area contributed by atoms with E-state index in [1.54, 1.807) is 0 Å². The molecule has 0 saturated carbocycles. The van der Waals surface area contributed by atoms with Crippen LogP contribution in [0.15, 0.2) is 18.2 Å². The number of rotatable bonds is 0. The largest absolute Gasteiger partial charge is 0.336 e. The molecule has 0 spiro atoms. The highest BCUT2D eigenvalue weighted by Gasteiger charge is 2.29.